The SMILES string of the molecule is CCC[CH]([Sb])CCC1SC23CC(COC1=O)(COC2=O)C3. The number of hydrogen-bond donors (Lipinski definition) is 0. The molecule has 1 saturated carbocycles. The fourth-order valence-corrected chi connectivity index (χ4v) is 6.73. The van der Waals surface area contributed by atoms with E-state index in [-0.39, 0.29) is 22.6 Å². The Bertz CT molecular complexity index is 447. The number of rotatable bonds is 5. The minimum atomic E-state index is -0.458. The van der Waals surface area contributed by atoms with Gasteiger partial charge in [-0.3, -0.25) is 0 Å². The Kier molecular flexibility index (Phi) is 4.53. The standard InChI is InChI=1S/C15H21O4S.Sb/c1-2-3-4-5-6-11-12(16)18-9-14-7-15(8-14,20-11)13(17)19-10-14;/h4,11H,2-3,5-10H2,1H3;. The van der Waals surface area contributed by atoms with Crippen molar-refractivity contribution in [2.75, 3.05) is 13.2 Å². The average Bonchev–Trinajstić information content (AvgIpc) is 2.41. The van der Waals surface area contributed by atoms with Crippen LogP contribution in [-0.4, -0.2) is 58.2 Å². The minimum absolute atomic E-state index is 0.0838. The first kappa shape index (κ1) is 16.0. The predicted molar refractivity (Wildman–Crippen MR) is 81.3 cm³/mol. The molecule has 3 saturated heterocycles. The van der Waals surface area contributed by atoms with Gasteiger partial charge in [0.15, 0.2) is 0 Å². The van der Waals surface area contributed by atoms with Crippen molar-refractivity contribution < 1.29 is 19.1 Å². The topological polar surface area (TPSA) is 52.6 Å². The molecule has 6 heteroatoms. The van der Waals surface area contributed by atoms with E-state index >= 15 is 0 Å². The maximum absolute atomic E-state index is 12.2. The molecule has 21 heavy (non-hydrogen) atoms. The summed E-state index contributed by atoms with van der Waals surface area (Å²) in [7, 11) is 0. The van der Waals surface area contributed by atoms with Gasteiger partial charge in [-0.2, -0.15) is 0 Å². The number of carbonyl (C=O) groups is 2. The first-order valence-corrected chi connectivity index (χ1v) is 10.0. The molecule has 3 aliphatic heterocycles. The molecular formula is C15H21O4SSb. The summed E-state index contributed by atoms with van der Waals surface area (Å²) in [6.07, 6.45) is 5.87. The van der Waals surface area contributed by atoms with E-state index in [0.717, 1.165) is 25.7 Å². The van der Waals surface area contributed by atoms with Crippen molar-refractivity contribution in [1.82, 2.24) is 0 Å². The van der Waals surface area contributed by atoms with Gasteiger partial charge in [-0.05, 0) is 0 Å². The summed E-state index contributed by atoms with van der Waals surface area (Å²) >= 11 is 3.36. The second-order valence-corrected chi connectivity index (χ2v) is 10.3. The van der Waals surface area contributed by atoms with Crippen LogP contribution in [0.3, 0.4) is 0 Å². The summed E-state index contributed by atoms with van der Waals surface area (Å²) in [5.74, 6) is -0.239. The molecule has 0 aromatic rings. The van der Waals surface area contributed by atoms with E-state index in [1.807, 2.05) is 23.0 Å². The quantitative estimate of drug-likeness (QED) is 0.506. The third-order valence-electron chi connectivity index (χ3n) is 4.74. The van der Waals surface area contributed by atoms with E-state index in [2.05, 4.69) is 6.92 Å². The average molecular weight is 419 g/mol. The molecular weight excluding hydrogens is 398 g/mol. The van der Waals surface area contributed by atoms with E-state index in [4.69, 9.17) is 9.47 Å². The van der Waals surface area contributed by atoms with E-state index < -0.39 is 4.75 Å². The van der Waals surface area contributed by atoms with Crippen molar-refractivity contribution in [3.63, 3.8) is 0 Å². The molecule has 2 unspecified atom stereocenters. The van der Waals surface area contributed by atoms with Crippen LogP contribution in [0.2, 0.25) is 3.86 Å². The first-order valence-electron chi connectivity index (χ1n) is 7.68. The number of esters is 2. The summed E-state index contributed by atoms with van der Waals surface area (Å²) in [5.41, 5.74) is -0.0838. The Balaban J connectivity index is 1.66. The van der Waals surface area contributed by atoms with Gasteiger partial charge in [0.2, 0.25) is 0 Å². The van der Waals surface area contributed by atoms with Crippen molar-refractivity contribution in [3.05, 3.63) is 0 Å². The molecule has 1 aliphatic carbocycles. The molecule has 4 aliphatic rings. The fraction of sp³-hybridized carbons (Fsp3) is 0.867. The van der Waals surface area contributed by atoms with Crippen molar-refractivity contribution >= 4 is 46.7 Å². The normalized spacial score (nSPS) is 39.4. The zero-order chi connectivity index (χ0) is 15.1. The number of carbonyl (C=O) groups excluding carboxylic acids is 2. The monoisotopic (exact) mass is 418 g/mol. The van der Waals surface area contributed by atoms with Gasteiger partial charge in [-0.15, -0.1) is 0 Å². The van der Waals surface area contributed by atoms with Gasteiger partial charge >= 0.3 is 144 Å². The van der Waals surface area contributed by atoms with Gasteiger partial charge in [0.25, 0.3) is 0 Å². The van der Waals surface area contributed by atoms with Crippen LogP contribution in [0.4, 0.5) is 0 Å². The van der Waals surface area contributed by atoms with Crippen LogP contribution in [0.5, 0.6) is 0 Å². The van der Waals surface area contributed by atoms with Crippen molar-refractivity contribution in [3.8, 4) is 0 Å². The number of fused-ring (bicyclic) bond motifs is 2. The molecule has 2 bridgehead atoms. The molecule has 116 valence electrons. The Labute approximate surface area is 143 Å². The summed E-state index contributed by atoms with van der Waals surface area (Å²) in [4.78, 5) is 24.4. The van der Waals surface area contributed by atoms with Crippen LogP contribution in [0.1, 0.15) is 45.4 Å². The van der Waals surface area contributed by atoms with E-state index in [1.54, 1.807) is 0 Å². The first-order chi connectivity index (χ1) is 9.99. The fourth-order valence-electron chi connectivity index (χ4n) is 3.67. The Morgan fingerprint density at radius 1 is 1.29 bits per heavy atom. The molecule has 0 spiro atoms. The van der Waals surface area contributed by atoms with Crippen LogP contribution >= 0.6 is 11.8 Å². The number of cyclic esters (lactones) is 1. The zero-order valence-corrected chi connectivity index (χ0v) is 15.7. The number of ether oxygens (including phenoxy) is 2. The van der Waals surface area contributed by atoms with Crippen molar-refractivity contribution in [2.45, 2.75) is 59.3 Å². The molecule has 3 heterocycles. The summed E-state index contributed by atoms with van der Waals surface area (Å²) in [6, 6.07) is 0. The number of thioether (sulfide) groups is 1. The molecule has 2 radical (unpaired) electrons. The molecule has 0 aromatic carbocycles. The summed E-state index contributed by atoms with van der Waals surface area (Å²) in [6.45, 7) is 3.03. The van der Waals surface area contributed by atoms with Crippen LogP contribution in [0.25, 0.3) is 0 Å². The molecule has 4 nitrogen and oxygen atoms in total. The second-order valence-electron chi connectivity index (χ2n) is 6.66. The molecule has 4 rings (SSSR count). The zero-order valence-electron chi connectivity index (χ0n) is 12.3. The van der Waals surface area contributed by atoms with Gasteiger partial charge in [-0.1, -0.05) is 0 Å². The third-order valence-corrected chi connectivity index (χ3v) is 7.83. The van der Waals surface area contributed by atoms with Crippen LogP contribution in [-0.2, 0) is 19.1 Å². The van der Waals surface area contributed by atoms with E-state index in [9.17, 15) is 9.59 Å². The van der Waals surface area contributed by atoms with E-state index in [1.165, 1.54) is 24.6 Å². The van der Waals surface area contributed by atoms with Gasteiger partial charge in [0.05, 0.1) is 0 Å². The summed E-state index contributed by atoms with van der Waals surface area (Å²) in [5, 5.41) is -0.207. The van der Waals surface area contributed by atoms with E-state index in [0.29, 0.717) is 17.1 Å². The van der Waals surface area contributed by atoms with Gasteiger partial charge in [-0.25, -0.2) is 0 Å². The van der Waals surface area contributed by atoms with Crippen LogP contribution in [0.15, 0.2) is 0 Å². The Morgan fingerprint density at radius 2 is 2.00 bits per heavy atom. The molecule has 2 atom stereocenters. The molecule has 0 N–H and O–H groups in total. The molecule has 0 amide bonds. The molecule has 0 aromatic heterocycles. The third kappa shape index (κ3) is 2.97. The van der Waals surface area contributed by atoms with Gasteiger partial charge < -0.3 is 0 Å². The Morgan fingerprint density at radius 3 is 2.71 bits per heavy atom. The van der Waals surface area contributed by atoms with Crippen molar-refractivity contribution in [2.24, 2.45) is 5.41 Å². The molecule has 4 fully saturated rings. The predicted octanol–water partition coefficient (Wildman–Crippen LogP) is 2.26. The second kappa shape index (κ2) is 5.96. The Hall–Kier alpha value is 0.108. The van der Waals surface area contributed by atoms with Crippen LogP contribution in [0, 0.1) is 5.41 Å². The summed E-state index contributed by atoms with van der Waals surface area (Å²) < 4.78 is 11.0. The van der Waals surface area contributed by atoms with Gasteiger partial charge in [0, 0.05) is 0 Å². The maximum atomic E-state index is 12.2. The van der Waals surface area contributed by atoms with Crippen molar-refractivity contribution in [1.29, 1.82) is 0 Å². The van der Waals surface area contributed by atoms with Gasteiger partial charge in [0.1, 0.15) is 0 Å². The number of hydrogen-bond acceptors (Lipinski definition) is 5. The van der Waals surface area contributed by atoms with Crippen LogP contribution < -0.4 is 0 Å².